The number of sulfonamides is 1. The van der Waals surface area contributed by atoms with E-state index in [1.54, 1.807) is 24.3 Å². The van der Waals surface area contributed by atoms with Crippen LogP contribution >= 0.6 is 11.6 Å². The predicted octanol–water partition coefficient (Wildman–Crippen LogP) is 5.49. The van der Waals surface area contributed by atoms with Gasteiger partial charge in [0.1, 0.15) is 5.69 Å². The van der Waals surface area contributed by atoms with Gasteiger partial charge in [0.05, 0.1) is 9.82 Å². The third kappa shape index (κ3) is 5.80. The van der Waals surface area contributed by atoms with E-state index in [0.717, 1.165) is 11.3 Å². The van der Waals surface area contributed by atoms with Crippen LogP contribution in [0.5, 0.6) is 0 Å². The lowest BCUT2D eigenvalue weighted by Gasteiger charge is -2.35. The lowest BCUT2D eigenvalue weighted by atomic mass is 10.0. The largest absolute Gasteiger partial charge is 0.375 e. The van der Waals surface area contributed by atoms with Crippen molar-refractivity contribution < 1.29 is 13.3 Å². The molecule has 0 spiro atoms. The molecule has 1 aliphatic heterocycles. The quantitative estimate of drug-likeness (QED) is 0.306. The van der Waals surface area contributed by atoms with Gasteiger partial charge in [0.25, 0.3) is 5.69 Å². The van der Waals surface area contributed by atoms with E-state index in [0.29, 0.717) is 49.4 Å². The summed E-state index contributed by atoms with van der Waals surface area (Å²) in [4.78, 5) is 13.5. The second-order valence-electron chi connectivity index (χ2n) is 9.05. The first-order valence-electron chi connectivity index (χ1n) is 11.8. The van der Waals surface area contributed by atoms with Crippen LogP contribution in [-0.2, 0) is 16.6 Å². The SMILES string of the molecule is CC(C)c1ccc(CNc2cc(N3CCN(S(=O)(=O)c4ccc(Cl)cc4)CC3)ccc2[N+](=O)[O-])cc1. The average Bonchev–Trinajstić information content (AvgIpc) is 2.87. The van der Waals surface area contributed by atoms with Crippen LogP contribution in [0.1, 0.15) is 30.9 Å². The minimum atomic E-state index is -3.61. The van der Waals surface area contributed by atoms with E-state index in [4.69, 9.17) is 11.6 Å². The molecule has 0 saturated carbocycles. The van der Waals surface area contributed by atoms with Crippen molar-refractivity contribution in [3.63, 3.8) is 0 Å². The van der Waals surface area contributed by atoms with Crippen LogP contribution in [0.4, 0.5) is 17.1 Å². The van der Waals surface area contributed by atoms with Gasteiger partial charge in [-0.3, -0.25) is 10.1 Å². The Hall–Kier alpha value is -3.14. The summed E-state index contributed by atoms with van der Waals surface area (Å²) in [5.74, 6) is 0.437. The van der Waals surface area contributed by atoms with E-state index in [1.165, 1.54) is 28.1 Å². The van der Waals surface area contributed by atoms with E-state index >= 15 is 0 Å². The Morgan fingerprint density at radius 2 is 1.61 bits per heavy atom. The zero-order valence-corrected chi connectivity index (χ0v) is 21.8. The molecule has 0 atom stereocenters. The first-order valence-corrected chi connectivity index (χ1v) is 13.6. The third-order valence-electron chi connectivity index (χ3n) is 6.36. The van der Waals surface area contributed by atoms with Gasteiger partial charge in [-0.05, 0) is 53.4 Å². The fraction of sp³-hybridized carbons (Fsp3) is 0.308. The number of rotatable bonds is 8. The molecule has 190 valence electrons. The zero-order chi connectivity index (χ0) is 25.9. The predicted molar refractivity (Wildman–Crippen MR) is 143 cm³/mol. The van der Waals surface area contributed by atoms with Gasteiger partial charge >= 0.3 is 0 Å². The highest BCUT2D eigenvalue weighted by atomic mass is 35.5. The Balaban J connectivity index is 1.46. The number of nitrogens with zero attached hydrogens (tertiary/aromatic N) is 3. The van der Waals surface area contributed by atoms with Gasteiger partial charge in [-0.15, -0.1) is 0 Å². The molecule has 1 fully saturated rings. The molecule has 0 radical (unpaired) electrons. The number of halogens is 1. The molecular formula is C26H29ClN4O4S. The number of piperazine rings is 1. The number of nitro groups is 1. The normalized spacial score (nSPS) is 14.7. The van der Waals surface area contributed by atoms with E-state index in [-0.39, 0.29) is 10.6 Å². The van der Waals surface area contributed by atoms with Crippen molar-refractivity contribution in [2.24, 2.45) is 0 Å². The van der Waals surface area contributed by atoms with Gasteiger partial charge in [-0.25, -0.2) is 8.42 Å². The number of hydrogen-bond acceptors (Lipinski definition) is 6. The Kier molecular flexibility index (Phi) is 7.82. The lowest BCUT2D eigenvalue weighted by molar-refractivity contribution is -0.384. The monoisotopic (exact) mass is 528 g/mol. The van der Waals surface area contributed by atoms with Crippen LogP contribution in [0.25, 0.3) is 0 Å². The molecule has 1 N–H and O–H groups in total. The second-order valence-corrected chi connectivity index (χ2v) is 11.4. The molecule has 4 rings (SSSR count). The first-order chi connectivity index (χ1) is 17.1. The van der Waals surface area contributed by atoms with Gasteiger partial charge in [-0.2, -0.15) is 4.31 Å². The number of nitrogens with one attached hydrogen (secondary N) is 1. The van der Waals surface area contributed by atoms with Crippen LogP contribution in [0.15, 0.2) is 71.6 Å². The average molecular weight is 529 g/mol. The van der Waals surface area contributed by atoms with Crippen molar-refractivity contribution in [2.75, 3.05) is 36.4 Å². The van der Waals surface area contributed by atoms with Gasteiger partial charge in [0, 0.05) is 49.5 Å². The minimum absolute atomic E-state index is 0.00139. The summed E-state index contributed by atoms with van der Waals surface area (Å²) in [5.41, 5.74) is 3.51. The molecule has 1 heterocycles. The number of benzene rings is 3. The van der Waals surface area contributed by atoms with Gasteiger partial charge in [0.2, 0.25) is 10.0 Å². The minimum Gasteiger partial charge on any atom is -0.375 e. The molecule has 0 aliphatic carbocycles. The molecule has 0 bridgehead atoms. The second kappa shape index (κ2) is 10.9. The summed E-state index contributed by atoms with van der Waals surface area (Å²) in [6.07, 6.45) is 0. The van der Waals surface area contributed by atoms with Crippen molar-refractivity contribution in [2.45, 2.75) is 31.2 Å². The number of hydrogen-bond donors (Lipinski definition) is 1. The van der Waals surface area contributed by atoms with Crippen LogP contribution in [0, 0.1) is 10.1 Å². The van der Waals surface area contributed by atoms with Crippen LogP contribution < -0.4 is 10.2 Å². The number of nitro benzene ring substituents is 1. The highest BCUT2D eigenvalue weighted by Crippen LogP contribution is 2.31. The summed E-state index contributed by atoms with van der Waals surface area (Å²) < 4.78 is 27.4. The molecule has 0 aromatic heterocycles. The van der Waals surface area contributed by atoms with E-state index in [2.05, 4.69) is 31.3 Å². The topological polar surface area (TPSA) is 95.8 Å². The van der Waals surface area contributed by atoms with Gasteiger partial charge < -0.3 is 10.2 Å². The summed E-state index contributed by atoms with van der Waals surface area (Å²) in [6, 6.07) is 19.3. The maximum Gasteiger partial charge on any atom is 0.292 e. The van der Waals surface area contributed by atoms with Crippen molar-refractivity contribution in [3.8, 4) is 0 Å². The molecule has 0 amide bonds. The smallest absolute Gasteiger partial charge is 0.292 e. The Morgan fingerprint density at radius 3 is 2.19 bits per heavy atom. The highest BCUT2D eigenvalue weighted by Gasteiger charge is 2.29. The standard InChI is InChI=1S/C26H29ClN4O4S/c1-19(2)21-5-3-20(4-6-21)18-28-25-17-23(9-12-26(25)31(32)33)29-13-15-30(16-14-29)36(34,35)24-10-7-22(27)8-11-24/h3-12,17,19,28H,13-16,18H2,1-2H3. The summed E-state index contributed by atoms with van der Waals surface area (Å²) in [5, 5.41) is 15.3. The van der Waals surface area contributed by atoms with Crippen LogP contribution in [0.2, 0.25) is 5.02 Å². The first kappa shape index (κ1) is 25.9. The number of anilines is 2. The summed E-state index contributed by atoms with van der Waals surface area (Å²) in [7, 11) is -3.61. The molecule has 1 saturated heterocycles. The van der Waals surface area contributed by atoms with E-state index in [9.17, 15) is 18.5 Å². The third-order valence-corrected chi connectivity index (χ3v) is 8.53. The molecule has 3 aromatic carbocycles. The van der Waals surface area contributed by atoms with Crippen molar-refractivity contribution in [1.29, 1.82) is 0 Å². The maximum atomic E-state index is 13.0. The lowest BCUT2D eigenvalue weighted by Crippen LogP contribution is -2.48. The fourth-order valence-electron chi connectivity index (χ4n) is 4.18. The summed E-state index contributed by atoms with van der Waals surface area (Å²) in [6.45, 7) is 6.29. The molecule has 10 heteroatoms. The van der Waals surface area contributed by atoms with E-state index in [1.807, 2.05) is 17.0 Å². The van der Waals surface area contributed by atoms with Gasteiger partial charge in [0.15, 0.2) is 0 Å². The van der Waals surface area contributed by atoms with Crippen molar-refractivity contribution in [3.05, 3.63) is 93.0 Å². The van der Waals surface area contributed by atoms with Gasteiger partial charge in [-0.1, -0.05) is 49.7 Å². The summed E-state index contributed by atoms with van der Waals surface area (Å²) >= 11 is 5.89. The van der Waals surface area contributed by atoms with E-state index < -0.39 is 14.9 Å². The van der Waals surface area contributed by atoms with Crippen molar-refractivity contribution in [1.82, 2.24) is 4.31 Å². The van der Waals surface area contributed by atoms with Crippen LogP contribution in [0.3, 0.4) is 0 Å². The Bertz CT molecular complexity index is 1320. The van der Waals surface area contributed by atoms with Crippen LogP contribution in [-0.4, -0.2) is 43.8 Å². The van der Waals surface area contributed by atoms with Crippen molar-refractivity contribution >= 4 is 38.7 Å². The fourth-order valence-corrected chi connectivity index (χ4v) is 5.73. The molecule has 3 aromatic rings. The zero-order valence-electron chi connectivity index (χ0n) is 20.2. The molecule has 0 unspecified atom stereocenters. The molecular weight excluding hydrogens is 500 g/mol. The molecule has 1 aliphatic rings. The molecule has 36 heavy (non-hydrogen) atoms. The Labute approximate surface area is 216 Å². The molecule has 8 nitrogen and oxygen atoms in total. The highest BCUT2D eigenvalue weighted by molar-refractivity contribution is 7.89. The maximum absolute atomic E-state index is 13.0. The Morgan fingerprint density at radius 1 is 0.972 bits per heavy atom.